The quantitative estimate of drug-likeness (QED) is 0.155. The molecule has 30 heavy (non-hydrogen) atoms. The van der Waals surface area contributed by atoms with Gasteiger partial charge in [0.25, 0.3) is 11.6 Å². The number of carbonyl (C=O) groups is 1. The topological polar surface area (TPSA) is 104 Å². The van der Waals surface area contributed by atoms with Crippen LogP contribution >= 0.6 is 24.0 Å². The maximum Gasteiger partial charge on any atom is 0.289 e. The fourth-order valence-electron chi connectivity index (χ4n) is 3.00. The molecule has 160 valence electrons. The molecule has 3 rings (SSSR count). The van der Waals surface area contributed by atoms with E-state index in [1.165, 1.54) is 18.4 Å². The van der Waals surface area contributed by atoms with Crippen molar-refractivity contribution in [3.8, 4) is 0 Å². The molecule has 1 aromatic heterocycles. The number of aliphatic imine (C=N–C) groups is 1. The highest BCUT2D eigenvalue weighted by molar-refractivity contribution is 14.0. The molecule has 10 heteroatoms. The van der Waals surface area contributed by atoms with Crippen LogP contribution in [0.1, 0.15) is 16.1 Å². The fraction of sp³-hybridized carbons (Fsp3) is 0.300. The number of piperazine rings is 1. The van der Waals surface area contributed by atoms with Crippen LogP contribution in [0.3, 0.4) is 0 Å². The van der Waals surface area contributed by atoms with E-state index in [0.717, 1.165) is 5.56 Å². The van der Waals surface area contributed by atoms with Gasteiger partial charge in [0.05, 0.1) is 17.7 Å². The van der Waals surface area contributed by atoms with Crippen molar-refractivity contribution in [2.45, 2.75) is 6.54 Å². The number of nitrogens with zero attached hydrogens (tertiary/aromatic N) is 4. The Labute approximate surface area is 191 Å². The van der Waals surface area contributed by atoms with Crippen molar-refractivity contribution in [2.75, 3.05) is 32.7 Å². The Morgan fingerprint density at radius 2 is 1.87 bits per heavy atom. The number of halogens is 1. The zero-order valence-electron chi connectivity index (χ0n) is 16.4. The zero-order valence-corrected chi connectivity index (χ0v) is 18.7. The van der Waals surface area contributed by atoms with Crippen molar-refractivity contribution < 1.29 is 14.1 Å². The van der Waals surface area contributed by atoms with Crippen LogP contribution in [0, 0.1) is 10.1 Å². The maximum absolute atomic E-state index is 12.4. The zero-order chi connectivity index (χ0) is 20.6. The van der Waals surface area contributed by atoms with Gasteiger partial charge in [0.1, 0.15) is 0 Å². The third-order valence-electron chi connectivity index (χ3n) is 4.56. The summed E-state index contributed by atoms with van der Waals surface area (Å²) in [5, 5.41) is 14.0. The first-order valence-electron chi connectivity index (χ1n) is 9.28. The number of amides is 1. The first-order chi connectivity index (χ1) is 14.1. The van der Waals surface area contributed by atoms with Gasteiger partial charge in [-0.05, 0) is 17.7 Å². The summed E-state index contributed by atoms with van der Waals surface area (Å²) in [7, 11) is 0. The summed E-state index contributed by atoms with van der Waals surface area (Å²) in [4.78, 5) is 31.2. The van der Waals surface area contributed by atoms with Crippen LogP contribution in [-0.4, -0.2) is 59.3 Å². The number of nitro groups is 1. The highest BCUT2D eigenvalue weighted by Gasteiger charge is 2.25. The van der Waals surface area contributed by atoms with Gasteiger partial charge in [0, 0.05) is 44.9 Å². The van der Waals surface area contributed by atoms with Crippen LogP contribution in [0.15, 0.2) is 64.7 Å². The fourth-order valence-corrected chi connectivity index (χ4v) is 3.00. The molecule has 0 atom stereocenters. The van der Waals surface area contributed by atoms with Gasteiger partial charge in [-0.15, -0.1) is 30.6 Å². The Hall–Kier alpha value is -2.89. The maximum atomic E-state index is 12.4. The number of hydrogen-bond donors (Lipinski definition) is 1. The molecule has 0 radical (unpaired) electrons. The molecule has 1 aliphatic rings. The molecule has 0 bridgehead atoms. The van der Waals surface area contributed by atoms with Crippen LogP contribution in [0.4, 0.5) is 5.69 Å². The Balaban J connectivity index is 0.00000320. The lowest BCUT2D eigenvalue weighted by Crippen LogP contribution is -2.53. The summed E-state index contributed by atoms with van der Waals surface area (Å²) < 4.78 is 5.19. The summed E-state index contributed by atoms with van der Waals surface area (Å²) in [5.41, 5.74) is 0.931. The molecule has 1 fully saturated rings. The third kappa shape index (κ3) is 6.05. The molecule has 2 aromatic rings. The molecule has 9 nitrogen and oxygen atoms in total. The second kappa shape index (κ2) is 11.3. The van der Waals surface area contributed by atoms with Gasteiger partial charge in [0.15, 0.2) is 11.7 Å². The van der Waals surface area contributed by atoms with E-state index in [-0.39, 0.29) is 35.6 Å². The second-order valence-electron chi connectivity index (χ2n) is 6.49. The minimum atomic E-state index is -0.423. The lowest BCUT2D eigenvalue weighted by atomic mass is 10.2. The summed E-state index contributed by atoms with van der Waals surface area (Å²) in [6.07, 6.45) is 3.24. The molecule has 1 saturated heterocycles. The smallest absolute Gasteiger partial charge is 0.289 e. The minimum absolute atomic E-state index is 0. The second-order valence-corrected chi connectivity index (χ2v) is 6.49. The van der Waals surface area contributed by atoms with Gasteiger partial charge in [-0.25, -0.2) is 4.99 Å². The predicted octanol–water partition coefficient (Wildman–Crippen LogP) is 2.90. The number of hydrogen-bond acceptors (Lipinski definition) is 5. The Morgan fingerprint density at radius 1 is 1.20 bits per heavy atom. The summed E-state index contributed by atoms with van der Waals surface area (Å²) in [6, 6.07) is 9.71. The Bertz CT molecular complexity index is 875. The van der Waals surface area contributed by atoms with Gasteiger partial charge < -0.3 is 19.5 Å². The summed E-state index contributed by atoms with van der Waals surface area (Å²) in [5.74, 6) is 0.946. The normalized spacial score (nSPS) is 14.1. The number of benzene rings is 1. The van der Waals surface area contributed by atoms with Gasteiger partial charge in [-0.3, -0.25) is 14.9 Å². The van der Waals surface area contributed by atoms with E-state index >= 15 is 0 Å². The largest absolute Gasteiger partial charge is 0.459 e. The third-order valence-corrected chi connectivity index (χ3v) is 4.56. The average molecular weight is 525 g/mol. The molecule has 2 heterocycles. The molecule has 0 spiro atoms. The molecule has 1 amide bonds. The first-order valence-corrected chi connectivity index (χ1v) is 9.28. The SMILES string of the molecule is C=CCNC(=NCc1ccc([N+](=O)[O-])cc1)N1CCN(C(=O)c2ccco2)CC1.I. The number of guanidine groups is 1. The molecule has 1 aliphatic heterocycles. The first kappa shape index (κ1) is 23.4. The molecular formula is C20H24IN5O4. The van der Waals surface area contributed by atoms with Gasteiger partial charge in [-0.2, -0.15) is 0 Å². The van der Waals surface area contributed by atoms with E-state index in [1.807, 2.05) is 0 Å². The standard InChI is InChI=1S/C20H23N5O4.HI/c1-2-9-21-20(22-15-16-5-7-17(8-6-16)25(27)28)24-12-10-23(11-13-24)19(26)18-4-3-14-29-18;/h2-8,14H,1,9-13,15H2,(H,21,22);1H. The van der Waals surface area contributed by atoms with Crippen LogP contribution in [0.25, 0.3) is 0 Å². The van der Waals surface area contributed by atoms with E-state index < -0.39 is 4.92 Å². The van der Waals surface area contributed by atoms with Crippen molar-refractivity contribution in [2.24, 2.45) is 4.99 Å². The number of non-ortho nitro benzene ring substituents is 1. The van der Waals surface area contributed by atoms with E-state index in [9.17, 15) is 14.9 Å². The number of carbonyl (C=O) groups excluding carboxylic acids is 1. The van der Waals surface area contributed by atoms with Crippen molar-refractivity contribution in [3.63, 3.8) is 0 Å². The van der Waals surface area contributed by atoms with Gasteiger partial charge in [-0.1, -0.05) is 18.2 Å². The summed E-state index contributed by atoms with van der Waals surface area (Å²) >= 11 is 0. The van der Waals surface area contributed by atoms with Crippen molar-refractivity contribution >= 4 is 41.5 Å². The highest BCUT2D eigenvalue weighted by Crippen LogP contribution is 2.13. The lowest BCUT2D eigenvalue weighted by molar-refractivity contribution is -0.384. The van der Waals surface area contributed by atoms with E-state index in [4.69, 9.17) is 4.42 Å². The summed E-state index contributed by atoms with van der Waals surface area (Å²) in [6.45, 7) is 7.07. The molecule has 1 N–H and O–H groups in total. The van der Waals surface area contributed by atoms with Crippen LogP contribution in [0.2, 0.25) is 0 Å². The van der Waals surface area contributed by atoms with Gasteiger partial charge in [0.2, 0.25) is 0 Å². The molecular weight excluding hydrogens is 501 g/mol. The lowest BCUT2D eigenvalue weighted by Gasteiger charge is -2.36. The molecule has 0 unspecified atom stereocenters. The van der Waals surface area contributed by atoms with Crippen LogP contribution < -0.4 is 5.32 Å². The van der Waals surface area contributed by atoms with Gasteiger partial charge >= 0.3 is 0 Å². The number of rotatable bonds is 6. The average Bonchev–Trinajstić information content (AvgIpc) is 3.29. The Morgan fingerprint density at radius 3 is 2.43 bits per heavy atom. The number of nitrogens with one attached hydrogen (secondary N) is 1. The highest BCUT2D eigenvalue weighted by atomic mass is 127. The van der Waals surface area contributed by atoms with Crippen molar-refractivity contribution in [3.05, 3.63) is 76.8 Å². The van der Waals surface area contributed by atoms with E-state index in [1.54, 1.807) is 35.2 Å². The Kier molecular flexibility index (Phi) is 8.84. The minimum Gasteiger partial charge on any atom is -0.459 e. The van der Waals surface area contributed by atoms with Crippen LogP contribution in [0.5, 0.6) is 0 Å². The predicted molar refractivity (Wildman–Crippen MR) is 124 cm³/mol. The van der Waals surface area contributed by atoms with Crippen LogP contribution in [-0.2, 0) is 6.54 Å². The number of furan rings is 1. The monoisotopic (exact) mass is 525 g/mol. The number of nitro benzene ring substituents is 1. The van der Waals surface area contributed by atoms with E-state index in [0.29, 0.717) is 51.0 Å². The molecule has 1 aromatic carbocycles. The molecule has 0 aliphatic carbocycles. The van der Waals surface area contributed by atoms with E-state index in [2.05, 4.69) is 21.8 Å². The molecule has 0 saturated carbocycles. The van der Waals surface area contributed by atoms with Crippen molar-refractivity contribution in [1.29, 1.82) is 0 Å². The van der Waals surface area contributed by atoms with Crippen molar-refractivity contribution in [1.82, 2.24) is 15.1 Å².